The third-order valence-electron chi connectivity index (χ3n) is 1.28. The summed E-state index contributed by atoms with van der Waals surface area (Å²) in [5.74, 6) is 0. The van der Waals surface area contributed by atoms with Crippen molar-refractivity contribution in [2.75, 3.05) is 0 Å². The van der Waals surface area contributed by atoms with Crippen molar-refractivity contribution in [1.29, 1.82) is 0 Å². The van der Waals surface area contributed by atoms with Crippen LogP contribution in [-0.4, -0.2) is 0 Å². The molecule has 54 valence electrons. The fourth-order valence-electron chi connectivity index (χ4n) is 0.680. The van der Waals surface area contributed by atoms with Gasteiger partial charge in [-0.2, -0.15) is 0 Å². The molecule has 1 aromatic carbocycles. The van der Waals surface area contributed by atoms with Crippen LogP contribution in [0.3, 0.4) is 0 Å². The van der Waals surface area contributed by atoms with E-state index < -0.39 is 0 Å². The summed E-state index contributed by atoms with van der Waals surface area (Å²) < 4.78 is 0. The Morgan fingerprint density at radius 2 is 1.80 bits per heavy atom. The summed E-state index contributed by atoms with van der Waals surface area (Å²) in [7, 11) is 2.55. The molecule has 0 nitrogen and oxygen atoms in total. The van der Waals surface area contributed by atoms with Gasteiger partial charge in [0, 0.05) is 10.0 Å². The van der Waals surface area contributed by atoms with E-state index in [1.165, 1.54) is 0 Å². The van der Waals surface area contributed by atoms with Crippen LogP contribution < -0.4 is 5.30 Å². The highest BCUT2D eigenvalue weighted by Gasteiger charge is 1.98. The SMILES string of the molecule is Cc1cc(P)c(Cl)cc1Cl. The summed E-state index contributed by atoms with van der Waals surface area (Å²) in [6.07, 6.45) is 0. The van der Waals surface area contributed by atoms with Gasteiger partial charge in [-0.3, -0.25) is 0 Å². The minimum Gasteiger partial charge on any atom is -0.104 e. The number of hydrogen-bond donors (Lipinski definition) is 0. The van der Waals surface area contributed by atoms with Crippen molar-refractivity contribution in [1.82, 2.24) is 0 Å². The third kappa shape index (κ3) is 1.63. The van der Waals surface area contributed by atoms with Gasteiger partial charge in [0.25, 0.3) is 0 Å². The molecule has 1 atom stereocenters. The fourth-order valence-corrected chi connectivity index (χ4v) is 1.40. The maximum absolute atomic E-state index is 5.79. The van der Waals surface area contributed by atoms with Crippen molar-refractivity contribution in [3.8, 4) is 0 Å². The lowest BCUT2D eigenvalue weighted by Crippen LogP contribution is -1.93. The summed E-state index contributed by atoms with van der Waals surface area (Å²) in [6.45, 7) is 1.95. The summed E-state index contributed by atoms with van der Waals surface area (Å²) in [4.78, 5) is 0. The summed E-state index contributed by atoms with van der Waals surface area (Å²) >= 11 is 11.6. The molecule has 10 heavy (non-hydrogen) atoms. The van der Waals surface area contributed by atoms with Crippen molar-refractivity contribution >= 4 is 37.7 Å². The third-order valence-corrected chi connectivity index (χ3v) is 2.67. The highest BCUT2D eigenvalue weighted by Crippen LogP contribution is 2.19. The predicted molar refractivity (Wildman–Crippen MR) is 50.5 cm³/mol. The summed E-state index contributed by atoms with van der Waals surface area (Å²) in [5.41, 5.74) is 1.05. The van der Waals surface area contributed by atoms with E-state index in [1.54, 1.807) is 6.07 Å². The van der Waals surface area contributed by atoms with E-state index in [-0.39, 0.29) is 0 Å². The van der Waals surface area contributed by atoms with Gasteiger partial charge >= 0.3 is 0 Å². The zero-order valence-electron chi connectivity index (χ0n) is 5.49. The van der Waals surface area contributed by atoms with Gasteiger partial charge in [-0.25, -0.2) is 0 Å². The first-order valence-corrected chi connectivity index (χ1v) is 4.15. The van der Waals surface area contributed by atoms with Crippen molar-refractivity contribution in [3.05, 3.63) is 27.7 Å². The maximum Gasteiger partial charge on any atom is 0.0492 e. The molecule has 1 aromatic rings. The van der Waals surface area contributed by atoms with Gasteiger partial charge in [-0.15, -0.1) is 9.24 Å². The molecule has 0 saturated carbocycles. The van der Waals surface area contributed by atoms with Crippen LogP contribution in [0.5, 0.6) is 0 Å². The van der Waals surface area contributed by atoms with Crippen LogP contribution in [0.15, 0.2) is 12.1 Å². The molecule has 0 N–H and O–H groups in total. The molecular formula is C7H7Cl2P. The fraction of sp³-hybridized carbons (Fsp3) is 0.143. The Morgan fingerprint density at radius 3 is 2.30 bits per heavy atom. The Labute approximate surface area is 72.7 Å². The zero-order valence-corrected chi connectivity index (χ0v) is 8.15. The predicted octanol–water partition coefficient (Wildman–Crippen LogP) is 2.80. The zero-order chi connectivity index (χ0) is 7.72. The Morgan fingerprint density at radius 1 is 1.20 bits per heavy atom. The molecule has 0 amide bonds. The molecule has 0 fully saturated rings. The maximum atomic E-state index is 5.79. The molecule has 0 saturated heterocycles. The smallest absolute Gasteiger partial charge is 0.0492 e. The number of rotatable bonds is 0. The second-order valence-electron chi connectivity index (χ2n) is 2.12. The molecule has 0 aliphatic carbocycles. The average molecular weight is 193 g/mol. The summed E-state index contributed by atoms with van der Waals surface area (Å²) in [5, 5.41) is 2.40. The minimum atomic E-state index is 0.695. The van der Waals surface area contributed by atoms with E-state index in [0.717, 1.165) is 15.9 Å². The van der Waals surface area contributed by atoms with Gasteiger partial charge in [0.2, 0.25) is 0 Å². The van der Waals surface area contributed by atoms with Gasteiger partial charge in [-0.05, 0) is 29.9 Å². The normalized spacial score (nSPS) is 10.0. The second kappa shape index (κ2) is 3.09. The van der Waals surface area contributed by atoms with Gasteiger partial charge in [0.05, 0.1) is 0 Å². The standard InChI is InChI=1S/C7H7Cl2P/c1-4-2-7(10)6(9)3-5(4)8/h2-3H,10H2,1H3. The Kier molecular flexibility index (Phi) is 2.57. The van der Waals surface area contributed by atoms with Crippen LogP contribution in [0.25, 0.3) is 0 Å². The number of benzene rings is 1. The van der Waals surface area contributed by atoms with Gasteiger partial charge < -0.3 is 0 Å². The van der Waals surface area contributed by atoms with Gasteiger partial charge in [0.1, 0.15) is 0 Å². The van der Waals surface area contributed by atoms with Crippen LogP contribution in [0, 0.1) is 6.92 Å². The number of halogens is 2. The first-order valence-electron chi connectivity index (χ1n) is 2.82. The molecule has 0 heterocycles. The monoisotopic (exact) mass is 192 g/mol. The van der Waals surface area contributed by atoms with Crippen LogP contribution in [-0.2, 0) is 0 Å². The molecule has 1 unspecified atom stereocenters. The molecule has 0 aromatic heterocycles. The first kappa shape index (κ1) is 8.33. The van der Waals surface area contributed by atoms with Crippen molar-refractivity contribution in [3.63, 3.8) is 0 Å². The highest BCUT2D eigenvalue weighted by atomic mass is 35.5. The number of hydrogen-bond acceptors (Lipinski definition) is 0. The lowest BCUT2D eigenvalue weighted by molar-refractivity contribution is 1.49. The Bertz CT molecular complexity index is 208. The van der Waals surface area contributed by atoms with E-state index in [2.05, 4.69) is 9.24 Å². The van der Waals surface area contributed by atoms with Gasteiger partial charge in [-0.1, -0.05) is 23.2 Å². The quantitative estimate of drug-likeness (QED) is 0.555. The Balaban J connectivity index is 3.28. The Hall–Kier alpha value is 0.230. The molecule has 0 aliphatic heterocycles. The highest BCUT2D eigenvalue weighted by molar-refractivity contribution is 7.28. The van der Waals surface area contributed by atoms with E-state index in [9.17, 15) is 0 Å². The lowest BCUT2D eigenvalue weighted by Gasteiger charge is -2.00. The van der Waals surface area contributed by atoms with Crippen LogP contribution in [0.4, 0.5) is 0 Å². The van der Waals surface area contributed by atoms with Gasteiger partial charge in [0.15, 0.2) is 0 Å². The van der Waals surface area contributed by atoms with E-state index in [4.69, 9.17) is 23.2 Å². The summed E-state index contributed by atoms with van der Waals surface area (Å²) in [6, 6.07) is 3.69. The lowest BCUT2D eigenvalue weighted by atomic mass is 10.2. The topological polar surface area (TPSA) is 0 Å². The number of aryl methyl sites for hydroxylation is 1. The molecule has 0 aliphatic rings. The van der Waals surface area contributed by atoms with Crippen molar-refractivity contribution < 1.29 is 0 Å². The van der Waals surface area contributed by atoms with Crippen LogP contribution in [0.1, 0.15) is 5.56 Å². The van der Waals surface area contributed by atoms with E-state index >= 15 is 0 Å². The van der Waals surface area contributed by atoms with Crippen molar-refractivity contribution in [2.24, 2.45) is 0 Å². The molecule has 1 rings (SSSR count). The molecule has 0 radical (unpaired) electrons. The second-order valence-corrected chi connectivity index (χ2v) is 3.56. The molecular weight excluding hydrogens is 186 g/mol. The molecule has 0 bridgehead atoms. The first-order chi connectivity index (χ1) is 4.61. The van der Waals surface area contributed by atoms with E-state index in [1.807, 2.05) is 13.0 Å². The van der Waals surface area contributed by atoms with Crippen LogP contribution >= 0.6 is 32.4 Å². The van der Waals surface area contributed by atoms with Crippen molar-refractivity contribution in [2.45, 2.75) is 6.92 Å². The van der Waals surface area contributed by atoms with E-state index in [0.29, 0.717) is 5.02 Å². The molecule has 3 heteroatoms. The molecule has 0 spiro atoms. The minimum absolute atomic E-state index is 0.695. The average Bonchev–Trinajstić information content (AvgIpc) is 1.84. The largest absolute Gasteiger partial charge is 0.104 e. The van der Waals surface area contributed by atoms with Crippen LogP contribution in [0.2, 0.25) is 10.0 Å².